The molecule has 0 aliphatic carbocycles. The van der Waals surface area contributed by atoms with E-state index in [1.165, 1.54) is 0 Å². The maximum Gasteiger partial charge on any atom is 0.313 e. The molecule has 148 valence electrons. The van der Waals surface area contributed by atoms with Gasteiger partial charge in [0.15, 0.2) is 0 Å². The molecular weight excluding hydrogens is 366 g/mol. The zero-order chi connectivity index (χ0) is 20.0. The van der Waals surface area contributed by atoms with Gasteiger partial charge in [0.1, 0.15) is 18.1 Å². The van der Waals surface area contributed by atoms with E-state index in [0.717, 1.165) is 23.2 Å². The Morgan fingerprint density at radius 1 is 1.17 bits per heavy atom. The maximum atomic E-state index is 13.4. The predicted molar refractivity (Wildman–Crippen MR) is 108 cm³/mol. The van der Waals surface area contributed by atoms with Crippen molar-refractivity contribution in [3.05, 3.63) is 77.9 Å². The molecule has 0 saturated carbocycles. The monoisotopic (exact) mass is 389 g/mol. The predicted octanol–water partition coefficient (Wildman–Crippen LogP) is 3.28. The van der Waals surface area contributed by atoms with Gasteiger partial charge in [-0.05, 0) is 23.6 Å². The molecule has 4 unspecified atom stereocenters. The number of nitrogens with zero attached hydrogens (tertiary/aromatic N) is 1. The van der Waals surface area contributed by atoms with Gasteiger partial charge in [-0.3, -0.25) is 9.59 Å². The Labute approximate surface area is 169 Å². The zero-order valence-electron chi connectivity index (χ0n) is 16.3. The highest BCUT2D eigenvalue weighted by Crippen LogP contribution is 2.53. The van der Waals surface area contributed by atoms with Crippen LogP contribution in [0, 0.1) is 11.8 Å². The summed E-state index contributed by atoms with van der Waals surface area (Å²) in [4.78, 5) is 28.2. The summed E-state index contributed by atoms with van der Waals surface area (Å²) in [5.74, 6) is -1.56. The van der Waals surface area contributed by atoms with E-state index >= 15 is 0 Å². The van der Waals surface area contributed by atoms with Crippen LogP contribution < -0.4 is 4.90 Å². The van der Waals surface area contributed by atoms with E-state index < -0.39 is 23.5 Å². The van der Waals surface area contributed by atoms with Gasteiger partial charge < -0.3 is 14.4 Å². The van der Waals surface area contributed by atoms with E-state index in [2.05, 4.69) is 6.92 Å². The minimum absolute atomic E-state index is 0.0561. The fraction of sp³-hybridized carbons (Fsp3) is 0.333. The molecule has 4 atom stereocenters. The molecule has 1 amide bonds. The van der Waals surface area contributed by atoms with Crippen LogP contribution in [0.3, 0.4) is 0 Å². The largest absolute Gasteiger partial charge is 0.460 e. The van der Waals surface area contributed by atoms with Crippen molar-refractivity contribution >= 4 is 17.6 Å². The second kappa shape index (κ2) is 6.85. The number of hydrogen-bond acceptors (Lipinski definition) is 4. The van der Waals surface area contributed by atoms with Gasteiger partial charge in [0.05, 0.1) is 18.6 Å². The van der Waals surface area contributed by atoms with Crippen LogP contribution in [0.4, 0.5) is 5.69 Å². The van der Waals surface area contributed by atoms with Gasteiger partial charge in [-0.1, -0.05) is 67.6 Å². The van der Waals surface area contributed by atoms with Crippen LogP contribution in [-0.4, -0.2) is 30.1 Å². The fourth-order valence-electron chi connectivity index (χ4n) is 4.87. The Bertz CT molecular complexity index is 985. The molecule has 0 radical (unpaired) electrons. The lowest BCUT2D eigenvalue weighted by Gasteiger charge is -2.23. The highest BCUT2D eigenvalue weighted by Gasteiger charge is 2.67. The van der Waals surface area contributed by atoms with Crippen molar-refractivity contribution in [2.45, 2.75) is 31.7 Å². The maximum absolute atomic E-state index is 13.4. The standard InChI is InChI=1S/C24H23NO4/c1-2-17-10-6-7-11-18(17)25-15-24-13-12-19(29-24)20(21(24)22(25)26)23(27)28-14-16-8-4-3-5-9-16/h3-13,19-21H,2,14-15H2,1H3. The molecule has 5 heteroatoms. The SMILES string of the molecule is CCc1ccccc1N1CC23C=CC(O2)C(C(=O)OCc2ccccc2)C3C1=O. The van der Waals surface area contributed by atoms with Crippen LogP contribution in [0.5, 0.6) is 0 Å². The molecule has 2 aromatic rings. The van der Waals surface area contributed by atoms with Crippen LogP contribution in [0.15, 0.2) is 66.7 Å². The van der Waals surface area contributed by atoms with E-state index in [1.807, 2.05) is 66.7 Å². The number of ether oxygens (including phenoxy) is 2. The first-order valence-corrected chi connectivity index (χ1v) is 10.1. The van der Waals surface area contributed by atoms with Crippen LogP contribution in [0.1, 0.15) is 18.1 Å². The van der Waals surface area contributed by atoms with Gasteiger partial charge in [0, 0.05) is 5.69 Å². The number of esters is 1. The first kappa shape index (κ1) is 18.1. The van der Waals surface area contributed by atoms with E-state index in [9.17, 15) is 9.59 Å². The molecule has 5 rings (SSSR count). The van der Waals surface area contributed by atoms with Gasteiger partial charge in [0.25, 0.3) is 0 Å². The first-order chi connectivity index (χ1) is 14.1. The average molecular weight is 389 g/mol. The lowest BCUT2D eigenvalue weighted by atomic mass is 9.77. The molecule has 5 nitrogen and oxygen atoms in total. The summed E-state index contributed by atoms with van der Waals surface area (Å²) in [5.41, 5.74) is 2.20. The molecule has 2 saturated heterocycles. The Balaban J connectivity index is 1.40. The number of hydrogen-bond donors (Lipinski definition) is 0. The summed E-state index contributed by atoms with van der Waals surface area (Å²) in [6.45, 7) is 2.70. The number of anilines is 1. The third-order valence-electron chi connectivity index (χ3n) is 6.26. The quantitative estimate of drug-likeness (QED) is 0.582. The molecule has 2 fully saturated rings. The van der Waals surface area contributed by atoms with Gasteiger partial charge in [0.2, 0.25) is 5.91 Å². The molecule has 2 aromatic carbocycles. The summed E-state index contributed by atoms with van der Waals surface area (Å²) in [7, 11) is 0. The van der Waals surface area contributed by atoms with Gasteiger partial charge in [-0.2, -0.15) is 0 Å². The normalized spacial score (nSPS) is 29.3. The van der Waals surface area contributed by atoms with Crippen LogP contribution in [0.25, 0.3) is 0 Å². The number of rotatable bonds is 5. The van der Waals surface area contributed by atoms with Crippen molar-refractivity contribution < 1.29 is 19.1 Å². The number of carbonyl (C=O) groups excluding carboxylic acids is 2. The van der Waals surface area contributed by atoms with Crippen molar-refractivity contribution in [2.75, 3.05) is 11.4 Å². The highest BCUT2D eigenvalue weighted by atomic mass is 16.6. The molecule has 3 aliphatic heterocycles. The summed E-state index contributed by atoms with van der Waals surface area (Å²) in [5, 5.41) is 0. The van der Waals surface area contributed by atoms with Crippen molar-refractivity contribution in [1.82, 2.24) is 0 Å². The van der Waals surface area contributed by atoms with Gasteiger partial charge in [-0.15, -0.1) is 0 Å². The second-order valence-corrected chi connectivity index (χ2v) is 7.90. The van der Waals surface area contributed by atoms with Gasteiger partial charge in [-0.25, -0.2) is 0 Å². The topological polar surface area (TPSA) is 55.8 Å². The summed E-state index contributed by atoms with van der Waals surface area (Å²) >= 11 is 0. The van der Waals surface area contributed by atoms with Gasteiger partial charge >= 0.3 is 5.97 Å². The van der Waals surface area contributed by atoms with Crippen LogP contribution >= 0.6 is 0 Å². The zero-order valence-corrected chi connectivity index (χ0v) is 16.3. The smallest absolute Gasteiger partial charge is 0.313 e. The Hall–Kier alpha value is -2.92. The number of fused-ring (bicyclic) bond motifs is 1. The third-order valence-corrected chi connectivity index (χ3v) is 6.26. The molecule has 2 bridgehead atoms. The number of carbonyl (C=O) groups is 2. The number of benzene rings is 2. The van der Waals surface area contributed by atoms with Crippen molar-refractivity contribution in [3.8, 4) is 0 Å². The second-order valence-electron chi connectivity index (χ2n) is 7.90. The lowest BCUT2D eigenvalue weighted by molar-refractivity contribution is -0.153. The van der Waals surface area contributed by atoms with Crippen LogP contribution in [0.2, 0.25) is 0 Å². The van der Waals surface area contributed by atoms with Crippen molar-refractivity contribution in [2.24, 2.45) is 11.8 Å². The highest BCUT2D eigenvalue weighted by molar-refractivity contribution is 6.03. The van der Waals surface area contributed by atoms with Crippen LogP contribution in [-0.2, 0) is 32.1 Å². The Kier molecular flexibility index (Phi) is 4.28. The summed E-state index contributed by atoms with van der Waals surface area (Å²) in [6, 6.07) is 17.5. The Morgan fingerprint density at radius 2 is 1.93 bits per heavy atom. The molecule has 3 aliphatic rings. The van der Waals surface area contributed by atoms with Crippen molar-refractivity contribution in [1.29, 1.82) is 0 Å². The summed E-state index contributed by atoms with van der Waals surface area (Å²) < 4.78 is 11.8. The third kappa shape index (κ3) is 2.80. The fourth-order valence-corrected chi connectivity index (χ4v) is 4.87. The minimum Gasteiger partial charge on any atom is -0.460 e. The molecule has 0 N–H and O–H groups in total. The lowest BCUT2D eigenvalue weighted by Crippen LogP contribution is -2.40. The van der Waals surface area contributed by atoms with E-state index in [4.69, 9.17) is 9.47 Å². The number of amides is 1. The first-order valence-electron chi connectivity index (χ1n) is 10.1. The summed E-state index contributed by atoms with van der Waals surface area (Å²) in [6.07, 6.45) is 4.32. The van der Waals surface area contributed by atoms with E-state index in [0.29, 0.717) is 6.54 Å². The molecule has 3 heterocycles. The van der Waals surface area contributed by atoms with Crippen molar-refractivity contribution in [3.63, 3.8) is 0 Å². The molecule has 1 spiro atoms. The number of aryl methyl sites for hydroxylation is 1. The van der Waals surface area contributed by atoms with E-state index in [-0.39, 0.29) is 18.5 Å². The Morgan fingerprint density at radius 3 is 2.72 bits per heavy atom. The molecule has 0 aromatic heterocycles. The molecule has 29 heavy (non-hydrogen) atoms. The average Bonchev–Trinajstić information content (AvgIpc) is 3.41. The molecular formula is C24H23NO4. The van der Waals surface area contributed by atoms with E-state index in [1.54, 1.807) is 4.90 Å². The minimum atomic E-state index is -0.737. The number of para-hydroxylation sites is 1.